The molecule has 0 heterocycles. The molecular weight excluding hydrogens is 309 g/mol. The Hall–Kier alpha value is -2.33. The average Bonchev–Trinajstić information content (AvgIpc) is 2.30. The largest absolute Gasteiger partial charge is 0.419 e. The van der Waals surface area contributed by atoms with Crippen LogP contribution >= 0.6 is 0 Å². The third-order valence-corrected chi connectivity index (χ3v) is 3.23. The molecule has 8 nitrogen and oxygen atoms in total. The topological polar surface area (TPSA) is 127 Å². The van der Waals surface area contributed by atoms with Gasteiger partial charge in [0.2, 0.25) is 5.91 Å². The number of aldehydes is 1. The fraction of sp³-hybridized carbons (Fsp3) is 0.182. The van der Waals surface area contributed by atoms with Crippen molar-refractivity contribution in [2.24, 2.45) is 0 Å². The second-order valence-electron chi connectivity index (χ2n) is 3.83. The van der Waals surface area contributed by atoms with E-state index in [9.17, 15) is 27.2 Å². The summed E-state index contributed by atoms with van der Waals surface area (Å²) >= 11 is 0. The maximum absolute atomic E-state index is 13.7. The van der Waals surface area contributed by atoms with Crippen LogP contribution in [-0.2, 0) is 19.7 Å². The number of imide groups is 1. The molecule has 0 radical (unpaired) electrons. The predicted molar refractivity (Wildman–Crippen MR) is 66.6 cm³/mol. The minimum Gasteiger partial charge on any atom is -0.407 e. The first kappa shape index (κ1) is 16.7. The molecule has 10 heteroatoms. The predicted octanol–water partition coefficient (Wildman–Crippen LogP) is 0.588. The molecule has 1 aromatic rings. The van der Waals surface area contributed by atoms with Crippen LogP contribution in [0, 0.1) is 5.82 Å². The van der Waals surface area contributed by atoms with Gasteiger partial charge in [0.05, 0.1) is 0 Å². The number of ether oxygens (including phenoxy) is 1. The number of nitrogens with one attached hydrogen (secondary N) is 1. The smallest absolute Gasteiger partial charge is 0.407 e. The normalized spacial score (nSPS) is 12.3. The van der Waals surface area contributed by atoms with Crippen LogP contribution in [0.5, 0.6) is 5.75 Å². The number of amides is 2. The maximum Gasteiger partial charge on any atom is 0.419 e. The Morgan fingerprint density at radius 1 is 1.43 bits per heavy atom. The highest BCUT2D eigenvalue weighted by Crippen LogP contribution is 2.25. The Morgan fingerprint density at radius 3 is 2.48 bits per heavy atom. The number of carbonyl (C=O) groups is 3. The van der Waals surface area contributed by atoms with Crippen LogP contribution in [0.1, 0.15) is 17.7 Å². The second kappa shape index (κ2) is 6.41. The summed E-state index contributed by atoms with van der Waals surface area (Å²) in [6.45, 7) is 1.04. The fourth-order valence-electron chi connectivity index (χ4n) is 1.37. The Kier molecular flexibility index (Phi) is 5.11. The quantitative estimate of drug-likeness (QED) is 0.614. The van der Waals surface area contributed by atoms with Crippen molar-refractivity contribution in [3.63, 3.8) is 0 Å². The van der Waals surface area contributed by atoms with Crippen molar-refractivity contribution in [1.29, 1.82) is 0 Å². The molecule has 0 spiro atoms. The summed E-state index contributed by atoms with van der Waals surface area (Å²) in [5, 5.41) is -0.219. The Bertz CT molecular complexity index is 686. The van der Waals surface area contributed by atoms with Gasteiger partial charge >= 0.3 is 6.09 Å². The van der Waals surface area contributed by atoms with E-state index < -0.39 is 38.9 Å². The van der Waals surface area contributed by atoms with E-state index in [1.165, 1.54) is 0 Å². The van der Waals surface area contributed by atoms with Gasteiger partial charge in [-0.1, -0.05) is 6.07 Å². The van der Waals surface area contributed by atoms with Gasteiger partial charge in [-0.15, -0.1) is 0 Å². The molecule has 0 saturated heterocycles. The number of hydrogen-bond donors (Lipinski definition) is 2. The molecule has 0 fully saturated rings. The first-order valence-corrected chi connectivity index (χ1v) is 6.86. The molecule has 114 valence electrons. The van der Waals surface area contributed by atoms with E-state index in [1.54, 1.807) is 5.32 Å². The zero-order valence-electron chi connectivity index (χ0n) is 10.6. The van der Waals surface area contributed by atoms with Crippen molar-refractivity contribution in [2.75, 3.05) is 0 Å². The van der Waals surface area contributed by atoms with Gasteiger partial charge in [0.15, 0.2) is 16.8 Å². The molecule has 0 saturated carbocycles. The third kappa shape index (κ3) is 4.61. The van der Waals surface area contributed by atoms with Crippen molar-refractivity contribution < 1.29 is 36.5 Å². The molecule has 0 aliphatic rings. The van der Waals surface area contributed by atoms with Crippen LogP contribution in [0.3, 0.4) is 0 Å². The van der Waals surface area contributed by atoms with Crippen molar-refractivity contribution in [2.45, 2.75) is 12.2 Å². The van der Waals surface area contributed by atoms with E-state index in [0.29, 0.717) is 6.07 Å². The summed E-state index contributed by atoms with van der Waals surface area (Å²) < 4.78 is 48.8. The first-order chi connectivity index (χ1) is 9.65. The summed E-state index contributed by atoms with van der Waals surface area (Å²) in [4.78, 5) is 32.3. The summed E-state index contributed by atoms with van der Waals surface area (Å²) in [5.41, 5.74) is -0.343. The average molecular weight is 319 g/mol. The lowest BCUT2D eigenvalue weighted by Gasteiger charge is -2.10. The number of rotatable bonds is 4. The van der Waals surface area contributed by atoms with E-state index in [0.717, 1.165) is 19.1 Å². The highest BCUT2D eigenvalue weighted by molar-refractivity contribution is 7.86. The molecule has 2 N–H and O–H groups in total. The van der Waals surface area contributed by atoms with Gasteiger partial charge in [-0.3, -0.25) is 14.7 Å². The monoisotopic (exact) mass is 319 g/mol. The summed E-state index contributed by atoms with van der Waals surface area (Å²) in [6, 6.07) is 2.47. The molecule has 21 heavy (non-hydrogen) atoms. The molecule has 0 bridgehead atoms. The molecule has 0 aliphatic heterocycles. The zero-order valence-corrected chi connectivity index (χ0v) is 11.4. The molecule has 0 aliphatic carbocycles. The van der Waals surface area contributed by atoms with Gasteiger partial charge in [0.1, 0.15) is 6.29 Å². The van der Waals surface area contributed by atoms with E-state index in [2.05, 4.69) is 4.74 Å². The summed E-state index contributed by atoms with van der Waals surface area (Å²) in [5.74, 6) is -2.45. The molecule has 1 rings (SSSR count). The number of halogens is 1. The Labute approximate surface area is 118 Å². The lowest BCUT2D eigenvalue weighted by molar-refractivity contribution is -0.118. The molecular formula is C11H10FNO7S. The van der Waals surface area contributed by atoms with Gasteiger partial charge in [0.25, 0.3) is 10.1 Å². The summed E-state index contributed by atoms with van der Waals surface area (Å²) in [6.07, 6.45) is -1.30. The van der Waals surface area contributed by atoms with E-state index >= 15 is 0 Å². The van der Waals surface area contributed by atoms with E-state index in [4.69, 9.17) is 4.55 Å². The highest BCUT2D eigenvalue weighted by atomic mass is 32.2. The first-order valence-electron chi connectivity index (χ1n) is 5.35. The lowest BCUT2D eigenvalue weighted by atomic mass is 10.1. The molecule has 2 amide bonds. The van der Waals surface area contributed by atoms with E-state index in [-0.39, 0.29) is 11.8 Å². The van der Waals surface area contributed by atoms with Gasteiger partial charge in [-0.25, -0.2) is 9.18 Å². The van der Waals surface area contributed by atoms with Crippen LogP contribution in [-0.4, -0.2) is 31.3 Å². The molecule has 1 atom stereocenters. The number of carbonyl (C=O) groups excluding carboxylic acids is 3. The SMILES string of the molecule is CC(=O)NC(=O)Oc1ccc(C(C=O)S(=O)(=O)O)cc1F. The minimum absolute atomic E-state index is 0.0763. The fourth-order valence-corrected chi connectivity index (χ4v) is 2.00. The minimum atomic E-state index is -4.74. The number of benzene rings is 1. The van der Waals surface area contributed by atoms with Crippen LogP contribution in [0.15, 0.2) is 18.2 Å². The summed E-state index contributed by atoms with van der Waals surface area (Å²) in [7, 11) is -4.74. The molecule has 0 aromatic heterocycles. The Morgan fingerprint density at radius 2 is 2.05 bits per heavy atom. The van der Waals surface area contributed by atoms with Crippen LogP contribution < -0.4 is 10.1 Å². The van der Waals surface area contributed by atoms with Crippen LogP contribution in [0.4, 0.5) is 9.18 Å². The van der Waals surface area contributed by atoms with Crippen LogP contribution in [0.25, 0.3) is 0 Å². The standard InChI is InChI=1S/C11H10FNO7S/c1-6(15)13-11(16)20-9-3-2-7(4-8(9)12)10(5-14)21(17,18)19/h2-5,10H,1H3,(H,13,15,16)(H,17,18,19). The zero-order chi connectivity index (χ0) is 16.2. The highest BCUT2D eigenvalue weighted by Gasteiger charge is 2.25. The molecule has 1 unspecified atom stereocenters. The van der Waals surface area contributed by atoms with Crippen molar-refractivity contribution in [3.8, 4) is 5.75 Å². The van der Waals surface area contributed by atoms with Crippen LogP contribution in [0.2, 0.25) is 0 Å². The van der Waals surface area contributed by atoms with Crippen molar-refractivity contribution in [3.05, 3.63) is 29.6 Å². The van der Waals surface area contributed by atoms with Gasteiger partial charge in [0, 0.05) is 6.92 Å². The van der Waals surface area contributed by atoms with Gasteiger partial charge in [-0.2, -0.15) is 8.42 Å². The maximum atomic E-state index is 13.7. The lowest BCUT2D eigenvalue weighted by Crippen LogP contribution is -2.31. The van der Waals surface area contributed by atoms with Gasteiger partial charge in [-0.05, 0) is 17.7 Å². The van der Waals surface area contributed by atoms with Crippen molar-refractivity contribution >= 4 is 28.4 Å². The second-order valence-corrected chi connectivity index (χ2v) is 5.37. The van der Waals surface area contributed by atoms with Crippen molar-refractivity contribution in [1.82, 2.24) is 5.32 Å². The third-order valence-electron chi connectivity index (χ3n) is 2.21. The molecule has 1 aromatic carbocycles. The Balaban J connectivity index is 3.03. The van der Waals surface area contributed by atoms with E-state index in [1.807, 2.05) is 0 Å². The van der Waals surface area contributed by atoms with Gasteiger partial charge < -0.3 is 9.53 Å². The number of hydrogen-bond acceptors (Lipinski definition) is 6.